The van der Waals surface area contributed by atoms with Crippen LogP contribution in [0.1, 0.15) is 29.5 Å². The maximum Gasteiger partial charge on any atom is 0.317 e. The molecule has 4 heteroatoms. The van der Waals surface area contributed by atoms with Crippen molar-refractivity contribution in [2.75, 3.05) is 13.1 Å². The van der Waals surface area contributed by atoms with E-state index < -0.39 is 0 Å². The second-order valence-corrected chi connectivity index (χ2v) is 4.90. The van der Waals surface area contributed by atoms with Crippen LogP contribution < -0.4 is 5.32 Å². The largest absolute Gasteiger partial charge is 0.334 e. The highest BCUT2D eigenvalue weighted by atomic mass is 19.1. The molecule has 2 amide bonds. The van der Waals surface area contributed by atoms with E-state index in [1.165, 1.54) is 0 Å². The Labute approximate surface area is 107 Å². The Morgan fingerprint density at radius 2 is 1.83 bits per heavy atom. The molecule has 0 atom stereocenters. The first kappa shape index (κ1) is 12.9. The first-order valence-electron chi connectivity index (χ1n) is 6.36. The molecule has 18 heavy (non-hydrogen) atoms. The lowest BCUT2D eigenvalue weighted by Gasteiger charge is -2.16. The van der Waals surface area contributed by atoms with Crippen LogP contribution in [-0.2, 0) is 6.54 Å². The number of likely N-dealkylation sites (tertiary alicyclic amines) is 1. The molecule has 1 fully saturated rings. The van der Waals surface area contributed by atoms with E-state index in [0.717, 1.165) is 31.5 Å². The highest BCUT2D eigenvalue weighted by Gasteiger charge is 2.17. The third kappa shape index (κ3) is 2.81. The number of carbonyl (C=O) groups excluding carboxylic acids is 1. The predicted octanol–water partition coefficient (Wildman–Crippen LogP) is 2.75. The fourth-order valence-corrected chi connectivity index (χ4v) is 2.35. The highest BCUT2D eigenvalue weighted by Crippen LogP contribution is 2.15. The van der Waals surface area contributed by atoms with Crippen molar-refractivity contribution >= 4 is 6.03 Å². The van der Waals surface area contributed by atoms with Crippen LogP contribution in [0.5, 0.6) is 0 Å². The number of halogens is 1. The summed E-state index contributed by atoms with van der Waals surface area (Å²) in [6, 6.07) is 3.55. The molecule has 98 valence electrons. The highest BCUT2D eigenvalue weighted by molar-refractivity contribution is 5.74. The van der Waals surface area contributed by atoms with Gasteiger partial charge in [0, 0.05) is 19.6 Å². The number of rotatable bonds is 2. The molecule has 2 rings (SSSR count). The normalized spacial score (nSPS) is 14.9. The van der Waals surface area contributed by atoms with Crippen LogP contribution in [0.3, 0.4) is 0 Å². The van der Waals surface area contributed by atoms with Gasteiger partial charge in [-0.25, -0.2) is 9.18 Å². The van der Waals surface area contributed by atoms with Crippen LogP contribution in [0.4, 0.5) is 9.18 Å². The van der Waals surface area contributed by atoms with Crippen LogP contribution >= 0.6 is 0 Å². The van der Waals surface area contributed by atoms with Gasteiger partial charge in [-0.1, -0.05) is 12.1 Å². The van der Waals surface area contributed by atoms with Crippen molar-refractivity contribution in [1.29, 1.82) is 0 Å². The standard InChI is InChI=1S/C14H19FN2O/c1-10-7-12(8-11(2)13(10)15)9-16-14(18)17-5-3-4-6-17/h7-8H,3-6,9H2,1-2H3,(H,16,18). The number of hydrogen-bond acceptors (Lipinski definition) is 1. The lowest BCUT2D eigenvalue weighted by molar-refractivity contribution is 0.208. The molecular weight excluding hydrogens is 231 g/mol. The summed E-state index contributed by atoms with van der Waals surface area (Å²) in [4.78, 5) is 13.6. The number of urea groups is 1. The van der Waals surface area contributed by atoms with E-state index in [2.05, 4.69) is 5.32 Å². The molecule has 0 unspecified atom stereocenters. The molecule has 1 N–H and O–H groups in total. The van der Waals surface area contributed by atoms with Crippen molar-refractivity contribution < 1.29 is 9.18 Å². The Balaban J connectivity index is 1.95. The lowest BCUT2D eigenvalue weighted by Crippen LogP contribution is -2.37. The zero-order chi connectivity index (χ0) is 13.1. The van der Waals surface area contributed by atoms with E-state index in [0.29, 0.717) is 17.7 Å². The van der Waals surface area contributed by atoms with Gasteiger partial charge in [-0.05, 0) is 43.4 Å². The first-order chi connectivity index (χ1) is 8.58. The Kier molecular flexibility index (Phi) is 3.84. The Morgan fingerprint density at radius 3 is 2.39 bits per heavy atom. The van der Waals surface area contributed by atoms with E-state index in [4.69, 9.17) is 0 Å². The molecule has 0 bridgehead atoms. The van der Waals surface area contributed by atoms with Gasteiger partial charge in [-0.15, -0.1) is 0 Å². The smallest absolute Gasteiger partial charge is 0.317 e. The number of amides is 2. The molecular formula is C14H19FN2O. The minimum absolute atomic E-state index is 0.0212. The Bertz CT molecular complexity index is 430. The second kappa shape index (κ2) is 5.38. The van der Waals surface area contributed by atoms with Gasteiger partial charge in [-0.2, -0.15) is 0 Å². The number of carbonyl (C=O) groups is 1. The van der Waals surface area contributed by atoms with Gasteiger partial charge >= 0.3 is 6.03 Å². The first-order valence-corrected chi connectivity index (χ1v) is 6.36. The summed E-state index contributed by atoms with van der Waals surface area (Å²) in [5.41, 5.74) is 2.19. The third-order valence-electron chi connectivity index (χ3n) is 3.33. The molecule has 1 aromatic rings. The second-order valence-electron chi connectivity index (χ2n) is 4.90. The fraction of sp³-hybridized carbons (Fsp3) is 0.500. The average Bonchev–Trinajstić information content (AvgIpc) is 2.86. The van der Waals surface area contributed by atoms with Gasteiger partial charge in [0.05, 0.1) is 0 Å². The van der Waals surface area contributed by atoms with Crippen molar-refractivity contribution in [3.05, 3.63) is 34.6 Å². The minimum atomic E-state index is -0.162. The van der Waals surface area contributed by atoms with Gasteiger partial charge in [0.1, 0.15) is 5.82 Å². The number of nitrogens with one attached hydrogen (secondary N) is 1. The molecule has 3 nitrogen and oxygen atoms in total. The summed E-state index contributed by atoms with van der Waals surface area (Å²) >= 11 is 0. The number of hydrogen-bond donors (Lipinski definition) is 1. The summed E-state index contributed by atoms with van der Waals surface area (Å²) < 4.78 is 13.5. The van der Waals surface area contributed by atoms with Crippen molar-refractivity contribution in [3.8, 4) is 0 Å². The van der Waals surface area contributed by atoms with E-state index in [1.54, 1.807) is 26.0 Å². The Morgan fingerprint density at radius 1 is 1.28 bits per heavy atom. The summed E-state index contributed by atoms with van der Waals surface area (Å²) in [6.07, 6.45) is 2.17. The molecule has 1 aromatic carbocycles. The summed E-state index contributed by atoms with van der Waals surface area (Å²) in [6.45, 7) is 5.63. The van der Waals surface area contributed by atoms with Crippen molar-refractivity contribution in [3.63, 3.8) is 0 Å². The maximum atomic E-state index is 13.5. The van der Waals surface area contributed by atoms with Gasteiger partial charge in [-0.3, -0.25) is 0 Å². The molecule has 0 spiro atoms. The molecule has 0 radical (unpaired) electrons. The lowest BCUT2D eigenvalue weighted by atomic mass is 10.1. The minimum Gasteiger partial charge on any atom is -0.334 e. The topological polar surface area (TPSA) is 32.3 Å². The van der Waals surface area contributed by atoms with Crippen LogP contribution in [-0.4, -0.2) is 24.0 Å². The number of aryl methyl sites for hydroxylation is 2. The number of nitrogens with zero attached hydrogens (tertiary/aromatic N) is 1. The van der Waals surface area contributed by atoms with E-state index >= 15 is 0 Å². The number of benzene rings is 1. The average molecular weight is 250 g/mol. The monoisotopic (exact) mass is 250 g/mol. The fourth-order valence-electron chi connectivity index (χ4n) is 2.35. The van der Waals surface area contributed by atoms with Gasteiger partial charge in [0.2, 0.25) is 0 Å². The molecule has 0 saturated carbocycles. The Hall–Kier alpha value is -1.58. The third-order valence-corrected chi connectivity index (χ3v) is 3.33. The molecule has 1 heterocycles. The van der Waals surface area contributed by atoms with Crippen LogP contribution in [0.2, 0.25) is 0 Å². The van der Waals surface area contributed by atoms with E-state index in [1.807, 2.05) is 4.90 Å². The zero-order valence-electron chi connectivity index (χ0n) is 10.9. The maximum absolute atomic E-state index is 13.5. The molecule has 0 aliphatic carbocycles. The summed E-state index contributed by atoms with van der Waals surface area (Å²) in [5.74, 6) is -0.162. The van der Waals surface area contributed by atoms with Crippen LogP contribution in [0.15, 0.2) is 12.1 Å². The van der Waals surface area contributed by atoms with Crippen molar-refractivity contribution in [2.24, 2.45) is 0 Å². The molecule has 1 aliphatic heterocycles. The van der Waals surface area contributed by atoms with Gasteiger partial charge in [0.25, 0.3) is 0 Å². The zero-order valence-corrected chi connectivity index (χ0v) is 10.9. The van der Waals surface area contributed by atoms with Crippen molar-refractivity contribution in [1.82, 2.24) is 10.2 Å². The van der Waals surface area contributed by atoms with E-state index in [-0.39, 0.29) is 11.8 Å². The SMILES string of the molecule is Cc1cc(CNC(=O)N2CCCC2)cc(C)c1F. The summed E-state index contributed by atoms with van der Waals surface area (Å²) in [5, 5.41) is 2.88. The van der Waals surface area contributed by atoms with Crippen LogP contribution in [0.25, 0.3) is 0 Å². The molecule has 1 aliphatic rings. The quantitative estimate of drug-likeness (QED) is 0.860. The summed E-state index contributed by atoms with van der Waals surface area (Å²) in [7, 11) is 0. The van der Waals surface area contributed by atoms with Gasteiger partial charge in [0.15, 0.2) is 0 Å². The van der Waals surface area contributed by atoms with E-state index in [9.17, 15) is 9.18 Å². The molecule has 0 aromatic heterocycles. The van der Waals surface area contributed by atoms with Crippen molar-refractivity contribution in [2.45, 2.75) is 33.2 Å². The predicted molar refractivity (Wildman–Crippen MR) is 68.9 cm³/mol. The molecule has 1 saturated heterocycles. The van der Waals surface area contributed by atoms with Gasteiger partial charge < -0.3 is 10.2 Å². The van der Waals surface area contributed by atoms with Crippen LogP contribution in [0, 0.1) is 19.7 Å².